The summed E-state index contributed by atoms with van der Waals surface area (Å²) < 4.78 is 0. The third kappa shape index (κ3) is 2.46. The van der Waals surface area contributed by atoms with E-state index >= 15 is 0 Å². The van der Waals surface area contributed by atoms with Gasteiger partial charge in [0.25, 0.3) is 0 Å². The molecule has 1 aliphatic carbocycles. The number of rotatable bonds is 2. The smallest absolute Gasteiger partial charge is 0.144 e. The van der Waals surface area contributed by atoms with Gasteiger partial charge >= 0.3 is 0 Å². The molecule has 1 saturated carbocycles. The van der Waals surface area contributed by atoms with Gasteiger partial charge in [-0.25, -0.2) is 4.98 Å². The van der Waals surface area contributed by atoms with Gasteiger partial charge in [0.1, 0.15) is 11.9 Å². The van der Waals surface area contributed by atoms with Crippen LogP contribution >= 0.6 is 0 Å². The molecule has 1 aromatic carbocycles. The SMILES string of the molecule is Cc1cccc2cc(C#N)c(NC3CCCCC3)nc12. The van der Waals surface area contributed by atoms with Crippen LogP contribution in [0.2, 0.25) is 0 Å². The Balaban J connectivity index is 2.00. The summed E-state index contributed by atoms with van der Waals surface area (Å²) >= 11 is 0. The molecule has 3 rings (SSSR count). The van der Waals surface area contributed by atoms with Gasteiger partial charge in [0.05, 0.1) is 11.1 Å². The lowest BCUT2D eigenvalue weighted by atomic mass is 9.95. The molecule has 1 fully saturated rings. The van der Waals surface area contributed by atoms with Crippen molar-refractivity contribution in [2.24, 2.45) is 0 Å². The normalized spacial score (nSPS) is 16.0. The minimum Gasteiger partial charge on any atom is -0.366 e. The van der Waals surface area contributed by atoms with Crippen LogP contribution in [0.4, 0.5) is 5.82 Å². The highest BCUT2D eigenvalue weighted by Gasteiger charge is 2.16. The van der Waals surface area contributed by atoms with Crippen LogP contribution in [-0.4, -0.2) is 11.0 Å². The number of nitrogens with one attached hydrogen (secondary N) is 1. The summed E-state index contributed by atoms with van der Waals surface area (Å²) in [5.41, 5.74) is 2.79. The Kier molecular flexibility index (Phi) is 3.56. The molecule has 0 saturated heterocycles. The Hall–Kier alpha value is -2.08. The number of anilines is 1. The molecular formula is C17H19N3. The molecule has 20 heavy (non-hydrogen) atoms. The lowest BCUT2D eigenvalue weighted by Gasteiger charge is -2.24. The summed E-state index contributed by atoms with van der Waals surface area (Å²) in [6.07, 6.45) is 6.22. The maximum atomic E-state index is 9.35. The van der Waals surface area contributed by atoms with E-state index < -0.39 is 0 Å². The van der Waals surface area contributed by atoms with E-state index in [-0.39, 0.29) is 0 Å². The predicted molar refractivity (Wildman–Crippen MR) is 81.7 cm³/mol. The zero-order valence-electron chi connectivity index (χ0n) is 11.8. The van der Waals surface area contributed by atoms with Crippen molar-refractivity contribution in [3.8, 4) is 6.07 Å². The van der Waals surface area contributed by atoms with Crippen molar-refractivity contribution in [3.05, 3.63) is 35.4 Å². The number of hydrogen-bond acceptors (Lipinski definition) is 3. The number of fused-ring (bicyclic) bond motifs is 1. The summed E-state index contributed by atoms with van der Waals surface area (Å²) in [6.45, 7) is 2.06. The second-order valence-electron chi connectivity index (χ2n) is 5.62. The molecule has 0 amide bonds. The van der Waals surface area contributed by atoms with E-state index in [1.165, 1.54) is 32.1 Å². The van der Waals surface area contributed by atoms with E-state index in [9.17, 15) is 5.26 Å². The Morgan fingerprint density at radius 2 is 2.05 bits per heavy atom. The third-order valence-corrected chi connectivity index (χ3v) is 4.11. The summed E-state index contributed by atoms with van der Waals surface area (Å²) in [5, 5.41) is 13.9. The van der Waals surface area contributed by atoms with Crippen LogP contribution in [0.3, 0.4) is 0 Å². The van der Waals surface area contributed by atoms with Crippen molar-refractivity contribution >= 4 is 16.7 Å². The van der Waals surface area contributed by atoms with Gasteiger partial charge in [-0.2, -0.15) is 5.26 Å². The summed E-state index contributed by atoms with van der Waals surface area (Å²) in [7, 11) is 0. The summed E-state index contributed by atoms with van der Waals surface area (Å²) in [5.74, 6) is 0.751. The molecule has 3 nitrogen and oxygen atoms in total. The van der Waals surface area contributed by atoms with Gasteiger partial charge < -0.3 is 5.32 Å². The number of aromatic nitrogens is 1. The summed E-state index contributed by atoms with van der Waals surface area (Å²) in [6, 6.07) is 10.8. The third-order valence-electron chi connectivity index (χ3n) is 4.11. The Morgan fingerprint density at radius 1 is 1.25 bits per heavy atom. The second-order valence-corrected chi connectivity index (χ2v) is 5.62. The average Bonchev–Trinajstić information content (AvgIpc) is 2.48. The van der Waals surface area contributed by atoms with Crippen molar-refractivity contribution in [1.82, 2.24) is 4.98 Å². The largest absolute Gasteiger partial charge is 0.366 e. The van der Waals surface area contributed by atoms with Gasteiger partial charge in [0, 0.05) is 11.4 Å². The number of benzene rings is 1. The molecule has 2 aromatic rings. The molecule has 1 aromatic heterocycles. The molecule has 0 atom stereocenters. The number of nitriles is 1. The zero-order chi connectivity index (χ0) is 13.9. The van der Waals surface area contributed by atoms with Gasteiger partial charge in [-0.3, -0.25) is 0 Å². The number of para-hydroxylation sites is 1. The average molecular weight is 265 g/mol. The van der Waals surface area contributed by atoms with Gasteiger partial charge in [-0.1, -0.05) is 37.5 Å². The Morgan fingerprint density at radius 3 is 2.80 bits per heavy atom. The fourth-order valence-electron chi connectivity index (χ4n) is 2.98. The molecule has 0 unspecified atom stereocenters. The van der Waals surface area contributed by atoms with Gasteiger partial charge in [-0.05, 0) is 31.4 Å². The van der Waals surface area contributed by atoms with E-state index in [2.05, 4.69) is 24.4 Å². The first-order valence-electron chi connectivity index (χ1n) is 7.35. The Bertz CT molecular complexity index is 664. The van der Waals surface area contributed by atoms with Crippen LogP contribution < -0.4 is 5.32 Å². The maximum Gasteiger partial charge on any atom is 0.144 e. The highest BCUT2D eigenvalue weighted by Crippen LogP contribution is 2.26. The van der Waals surface area contributed by atoms with E-state index in [0.29, 0.717) is 11.6 Å². The maximum absolute atomic E-state index is 9.35. The van der Waals surface area contributed by atoms with Gasteiger partial charge in [0.15, 0.2) is 0 Å². The molecule has 1 heterocycles. The van der Waals surface area contributed by atoms with Crippen molar-refractivity contribution < 1.29 is 0 Å². The molecule has 1 N–H and O–H groups in total. The number of pyridine rings is 1. The van der Waals surface area contributed by atoms with Crippen LogP contribution in [0.25, 0.3) is 10.9 Å². The molecule has 1 aliphatic rings. The quantitative estimate of drug-likeness (QED) is 0.887. The van der Waals surface area contributed by atoms with Gasteiger partial charge in [-0.15, -0.1) is 0 Å². The van der Waals surface area contributed by atoms with Crippen molar-refractivity contribution in [3.63, 3.8) is 0 Å². The Labute approximate surface area is 119 Å². The number of aryl methyl sites for hydroxylation is 1. The molecule has 3 heteroatoms. The van der Waals surface area contributed by atoms with Crippen molar-refractivity contribution in [2.75, 3.05) is 5.32 Å². The molecule has 0 radical (unpaired) electrons. The molecular weight excluding hydrogens is 246 g/mol. The second kappa shape index (κ2) is 5.50. The zero-order valence-corrected chi connectivity index (χ0v) is 11.8. The van der Waals surface area contributed by atoms with Crippen molar-refractivity contribution in [2.45, 2.75) is 45.1 Å². The van der Waals surface area contributed by atoms with E-state index in [1.807, 2.05) is 18.2 Å². The van der Waals surface area contributed by atoms with Crippen LogP contribution in [0.1, 0.15) is 43.2 Å². The van der Waals surface area contributed by atoms with Crippen LogP contribution in [0.5, 0.6) is 0 Å². The highest BCUT2D eigenvalue weighted by atomic mass is 15.0. The molecule has 102 valence electrons. The molecule has 0 aliphatic heterocycles. The summed E-state index contributed by atoms with van der Waals surface area (Å²) in [4.78, 5) is 4.71. The first-order valence-corrected chi connectivity index (χ1v) is 7.35. The predicted octanol–water partition coefficient (Wildman–Crippen LogP) is 4.16. The fraction of sp³-hybridized carbons (Fsp3) is 0.412. The number of nitrogens with zero attached hydrogens (tertiary/aromatic N) is 2. The standard InChI is InChI=1S/C17H19N3/c1-12-6-5-7-13-10-14(11-18)17(20-16(12)13)19-15-8-3-2-4-9-15/h5-7,10,15H,2-4,8-9H2,1H3,(H,19,20). The topological polar surface area (TPSA) is 48.7 Å². The fourth-order valence-corrected chi connectivity index (χ4v) is 2.98. The lowest BCUT2D eigenvalue weighted by molar-refractivity contribution is 0.462. The minimum absolute atomic E-state index is 0.463. The van der Waals surface area contributed by atoms with Crippen LogP contribution in [0, 0.1) is 18.3 Å². The number of hydrogen-bond donors (Lipinski definition) is 1. The first kappa shape index (κ1) is 12.9. The lowest BCUT2D eigenvalue weighted by Crippen LogP contribution is -2.23. The van der Waals surface area contributed by atoms with E-state index in [1.54, 1.807) is 0 Å². The van der Waals surface area contributed by atoms with E-state index in [4.69, 9.17) is 4.98 Å². The van der Waals surface area contributed by atoms with Gasteiger partial charge in [0.2, 0.25) is 0 Å². The monoisotopic (exact) mass is 265 g/mol. The first-order chi connectivity index (χ1) is 9.78. The minimum atomic E-state index is 0.463. The molecule has 0 bridgehead atoms. The van der Waals surface area contributed by atoms with Crippen molar-refractivity contribution in [1.29, 1.82) is 5.26 Å². The van der Waals surface area contributed by atoms with Crippen LogP contribution in [-0.2, 0) is 0 Å². The molecule has 0 spiro atoms. The van der Waals surface area contributed by atoms with E-state index in [0.717, 1.165) is 22.3 Å². The highest BCUT2D eigenvalue weighted by molar-refractivity contribution is 5.85. The van der Waals surface area contributed by atoms with Crippen LogP contribution in [0.15, 0.2) is 24.3 Å².